The van der Waals surface area contributed by atoms with Gasteiger partial charge in [-0.25, -0.2) is 9.37 Å². The molecule has 1 aromatic heterocycles. The Bertz CT molecular complexity index is 1000. The van der Waals surface area contributed by atoms with Gasteiger partial charge < -0.3 is 5.32 Å². The average molecular weight is 388 g/mol. The van der Waals surface area contributed by atoms with E-state index in [-0.39, 0.29) is 16.6 Å². The zero-order chi connectivity index (χ0) is 19.4. The lowest BCUT2D eigenvalue weighted by molar-refractivity contribution is 0.476. The Labute approximate surface area is 163 Å². The number of halogens is 2. The minimum atomic E-state index is -0.517. The van der Waals surface area contributed by atoms with Crippen LogP contribution in [0.15, 0.2) is 47.3 Å². The second kappa shape index (κ2) is 8.63. The van der Waals surface area contributed by atoms with Crippen LogP contribution in [0, 0.1) is 5.82 Å². The van der Waals surface area contributed by atoms with E-state index in [4.69, 9.17) is 16.6 Å². The van der Waals surface area contributed by atoms with Gasteiger partial charge in [-0.2, -0.15) is 0 Å². The molecule has 27 heavy (non-hydrogen) atoms. The van der Waals surface area contributed by atoms with Gasteiger partial charge in [0.05, 0.1) is 27.7 Å². The summed E-state index contributed by atoms with van der Waals surface area (Å²) < 4.78 is 15.2. The molecule has 6 heteroatoms. The van der Waals surface area contributed by atoms with Crippen molar-refractivity contribution in [1.82, 2.24) is 14.9 Å². The average Bonchev–Trinajstić information content (AvgIpc) is 2.68. The van der Waals surface area contributed by atoms with E-state index in [0.29, 0.717) is 22.4 Å². The van der Waals surface area contributed by atoms with Crippen molar-refractivity contribution >= 4 is 22.5 Å². The Balaban J connectivity index is 2.23. The normalized spacial score (nSPS) is 12.4. The molecule has 2 aromatic carbocycles. The Morgan fingerprint density at radius 2 is 2.00 bits per heavy atom. The molecular weight excluding hydrogens is 365 g/mol. The first-order valence-corrected chi connectivity index (χ1v) is 9.65. The van der Waals surface area contributed by atoms with E-state index < -0.39 is 5.82 Å². The highest BCUT2D eigenvalue weighted by molar-refractivity contribution is 6.30. The molecule has 0 unspecified atom stereocenters. The fraction of sp³-hybridized carbons (Fsp3) is 0.333. The molecule has 0 aliphatic heterocycles. The van der Waals surface area contributed by atoms with Crippen molar-refractivity contribution in [3.05, 3.63) is 69.5 Å². The molecule has 0 aliphatic rings. The Morgan fingerprint density at radius 3 is 2.70 bits per heavy atom. The molecule has 1 heterocycles. The van der Waals surface area contributed by atoms with Crippen LogP contribution in [-0.4, -0.2) is 16.1 Å². The number of nitrogens with zero attached hydrogens (tertiary/aromatic N) is 2. The molecule has 1 N–H and O–H groups in total. The summed E-state index contributed by atoms with van der Waals surface area (Å²) in [5.41, 5.74) is 0.974. The molecule has 0 bridgehead atoms. The van der Waals surface area contributed by atoms with E-state index >= 15 is 0 Å². The van der Waals surface area contributed by atoms with E-state index in [1.54, 1.807) is 16.7 Å². The summed E-state index contributed by atoms with van der Waals surface area (Å²) in [6.07, 6.45) is 2.88. The van der Waals surface area contributed by atoms with Gasteiger partial charge in [-0.3, -0.25) is 9.36 Å². The summed E-state index contributed by atoms with van der Waals surface area (Å²) in [7, 11) is 0. The predicted molar refractivity (Wildman–Crippen MR) is 108 cm³/mol. The summed E-state index contributed by atoms with van der Waals surface area (Å²) in [5.74, 6) is 0.0943. The first-order chi connectivity index (χ1) is 13.1. The maximum absolute atomic E-state index is 13.7. The van der Waals surface area contributed by atoms with Crippen LogP contribution in [-0.2, 0) is 0 Å². The van der Waals surface area contributed by atoms with E-state index in [1.165, 1.54) is 12.1 Å². The Hall–Kier alpha value is -2.24. The van der Waals surface area contributed by atoms with Crippen molar-refractivity contribution in [3.8, 4) is 5.69 Å². The standard InChI is InChI=1S/C21H23ClFN3O/c1-3-5-12-24-18(4-2)20-25-19-9-7-6-8-15(19)21(27)26(20)14-10-11-17(23)16(22)13-14/h6-11,13,18,24H,3-5,12H2,1-2H3/t18-/m1/s1. The minimum absolute atomic E-state index is 0.0227. The number of aromatic nitrogens is 2. The summed E-state index contributed by atoms with van der Waals surface area (Å²) in [6.45, 7) is 5.02. The highest BCUT2D eigenvalue weighted by Crippen LogP contribution is 2.23. The van der Waals surface area contributed by atoms with Crippen LogP contribution in [0.1, 0.15) is 45.0 Å². The summed E-state index contributed by atoms with van der Waals surface area (Å²) in [6, 6.07) is 11.5. The highest BCUT2D eigenvalue weighted by atomic mass is 35.5. The third kappa shape index (κ3) is 4.04. The lowest BCUT2D eigenvalue weighted by atomic mass is 10.1. The fourth-order valence-corrected chi connectivity index (χ4v) is 3.30. The summed E-state index contributed by atoms with van der Waals surface area (Å²) in [4.78, 5) is 18.0. The molecule has 0 saturated carbocycles. The van der Waals surface area contributed by atoms with Gasteiger partial charge in [-0.15, -0.1) is 0 Å². The highest BCUT2D eigenvalue weighted by Gasteiger charge is 2.20. The maximum Gasteiger partial charge on any atom is 0.266 e. The van der Waals surface area contributed by atoms with E-state index in [9.17, 15) is 9.18 Å². The Kier molecular flexibility index (Phi) is 6.24. The van der Waals surface area contributed by atoms with Crippen molar-refractivity contribution in [2.45, 2.75) is 39.2 Å². The molecule has 4 nitrogen and oxygen atoms in total. The number of para-hydroxylation sites is 1. The molecular formula is C21H23ClFN3O. The van der Waals surface area contributed by atoms with Crippen LogP contribution in [0.4, 0.5) is 4.39 Å². The van der Waals surface area contributed by atoms with Gasteiger partial charge in [0.2, 0.25) is 0 Å². The summed E-state index contributed by atoms with van der Waals surface area (Å²) in [5, 5.41) is 3.98. The van der Waals surface area contributed by atoms with Gasteiger partial charge >= 0.3 is 0 Å². The molecule has 142 valence electrons. The van der Waals surface area contributed by atoms with E-state index in [1.807, 2.05) is 25.1 Å². The lowest BCUT2D eigenvalue weighted by Gasteiger charge is -2.22. The van der Waals surface area contributed by atoms with Crippen LogP contribution in [0.2, 0.25) is 5.02 Å². The van der Waals surface area contributed by atoms with Gasteiger partial charge in [0.1, 0.15) is 11.6 Å². The lowest BCUT2D eigenvalue weighted by Crippen LogP contribution is -2.31. The molecule has 0 saturated heterocycles. The number of hydrogen-bond acceptors (Lipinski definition) is 3. The van der Waals surface area contributed by atoms with Crippen LogP contribution in [0.25, 0.3) is 16.6 Å². The smallest absolute Gasteiger partial charge is 0.266 e. The quantitative estimate of drug-likeness (QED) is 0.579. The number of nitrogens with one attached hydrogen (secondary N) is 1. The number of hydrogen-bond donors (Lipinski definition) is 1. The van der Waals surface area contributed by atoms with Crippen molar-refractivity contribution in [2.24, 2.45) is 0 Å². The number of unbranched alkanes of at least 4 members (excludes halogenated alkanes) is 1. The third-order valence-electron chi connectivity index (χ3n) is 4.60. The van der Waals surface area contributed by atoms with Gasteiger partial charge in [0.15, 0.2) is 0 Å². The first-order valence-electron chi connectivity index (χ1n) is 9.27. The van der Waals surface area contributed by atoms with E-state index in [0.717, 1.165) is 25.8 Å². The molecule has 0 aliphatic carbocycles. The van der Waals surface area contributed by atoms with Crippen molar-refractivity contribution < 1.29 is 4.39 Å². The van der Waals surface area contributed by atoms with Gasteiger partial charge in [0.25, 0.3) is 5.56 Å². The maximum atomic E-state index is 13.7. The van der Waals surface area contributed by atoms with Crippen molar-refractivity contribution in [1.29, 1.82) is 0 Å². The number of rotatable bonds is 7. The van der Waals surface area contributed by atoms with Crippen LogP contribution >= 0.6 is 11.6 Å². The molecule has 1 atom stereocenters. The van der Waals surface area contributed by atoms with Gasteiger partial charge in [-0.1, -0.05) is 44.0 Å². The second-order valence-corrected chi connectivity index (χ2v) is 6.90. The SMILES string of the molecule is CCCCN[C@H](CC)c1nc2ccccc2c(=O)n1-c1ccc(F)c(Cl)c1. The molecule has 3 rings (SSSR count). The number of benzene rings is 2. The molecule has 0 amide bonds. The zero-order valence-corrected chi connectivity index (χ0v) is 16.3. The van der Waals surface area contributed by atoms with Crippen LogP contribution in [0.3, 0.4) is 0 Å². The zero-order valence-electron chi connectivity index (χ0n) is 15.5. The molecule has 0 radical (unpaired) electrons. The van der Waals surface area contributed by atoms with Crippen molar-refractivity contribution in [3.63, 3.8) is 0 Å². The fourth-order valence-electron chi connectivity index (χ4n) is 3.13. The molecule has 3 aromatic rings. The molecule has 0 spiro atoms. The van der Waals surface area contributed by atoms with Crippen molar-refractivity contribution in [2.75, 3.05) is 6.54 Å². The van der Waals surface area contributed by atoms with Gasteiger partial charge in [-0.05, 0) is 49.7 Å². The summed E-state index contributed by atoms with van der Waals surface area (Å²) >= 11 is 5.98. The first kappa shape index (κ1) is 19.5. The third-order valence-corrected chi connectivity index (χ3v) is 4.89. The Morgan fingerprint density at radius 1 is 1.22 bits per heavy atom. The second-order valence-electron chi connectivity index (χ2n) is 6.49. The van der Waals surface area contributed by atoms with Gasteiger partial charge in [0, 0.05) is 0 Å². The largest absolute Gasteiger partial charge is 0.307 e. The van der Waals surface area contributed by atoms with Crippen LogP contribution in [0.5, 0.6) is 0 Å². The molecule has 0 fully saturated rings. The van der Waals surface area contributed by atoms with Crippen LogP contribution < -0.4 is 10.9 Å². The van der Waals surface area contributed by atoms with E-state index in [2.05, 4.69) is 12.2 Å². The monoisotopic (exact) mass is 387 g/mol. The predicted octanol–water partition coefficient (Wildman–Crippen LogP) is 5.02. The topological polar surface area (TPSA) is 46.9 Å². The minimum Gasteiger partial charge on any atom is -0.307 e. The number of fused-ring (bicyclic) bond motifs is 1.